The van der Waals surface area contributed by atoms with Crippen LogP contribution in [-0.4, -0.2) is 4.98 Å². The molecule has 0 fully saturated rings. The maximum atomic E-state index is 6.03. The summed E-state index contributed by atoms with van der Waals surface area (Å²) in [6.07, 6.45) is 1.66. The molecule has 2 rings (SSSR count). The van der Waals surface area contributed by atoms with E-state index in [1.54, 1.807) is 12.3 Å². The molecule has 0 N–H and O–H groups in total. The molecule has 2 aromatic rings. The summed E-state index contributed by atoms with van der Waals surface area (Å²) >= 11 is 9.33. The molecule has 17 heavy (non-hydrogen) atoms. The van der Waals surface area contributed by atoms with Crippen LogP contribution in [0.5, 0.6) is 11.6 Å². The Bertz CT molecular complexity index is 557. The number of rotatable bonds is 2. The fourth-order valence-corrected chi connectivity index (χ4v) is 2.03. The number of aromatic nitrogens is 1. The zero-order valence-electron chi connectivity index (χ0n) is 9.50. The molecule has 0 amide bonds. The van der Waals surface area contributed by atoms with Crippen LogP contribution in [0.1, 0.15) is 11.1 Å². The molecule has 88 valence electrons. The van der Waals surface area contributed by atoms with Gasteiger partial charge in [-0.05, 0) is 59.1 Å². The van der Waals surface area contributed by atoms with E-state index in [1.807, 2.05) is 25.1 Å². The van der Waals surface area contributed by atoms with Crippen LogP contribution in [0.2, 0.25) is 5.02 Å². The normalized spacial score (nSPS) is 10.4. The van der Waals surface area contributed by atoms with Gasteiger partial charge in [0.05, 0.1) is 0 Å². The first-order chi connectivity index (χ1) is 8.06. The molecular weight excluding hydrogens is 302 g/mol. The van der Waals surface area contributed by atoms with Gasteiger partial charge in [-0.25, -0.2) is 4.98 Å². The molecule has 0 bridgehead atoms. The van der Waals surface area contributed by atoms with Gasteiger partial charge >= 0.3 is 0 Å². The highest BCUT2D eigenvalue weighted by molar-refractivity contribution is 9.10. The number of hydrogen-bond donors (Lipinski definition) is 0. The van der Waals surface area contributed by atoms with Crippen molar-refractivity contribution < 1.29 is 4.74 Å². The summed E-state index contributed by atoms with van der Waals surface area (Å²) in [6.45, 7) is 4.10. The van der Waals surface area contributed by atoms with Gasteiger partial charge in [-0.1, -0.05) is 17.7 Å². The van der Waals surface area contributed by atoms with E-state index in [1.165, 1.54) is 11.1 Å². The molecule has 0 atom stereocenters. The number of ether oxygens (including phenoxy) is 1. The maximum absolute atomic E-state index is 6.03. The zero-order chi connectivity index (χ0) is 12.4. The molecule has 1 aromatic carbocycles. The molecule has 1 heterocycles. The van der Waals surface area contributed by atoms with Gasteiger partial charge in [0.15, 0.2) is 0 Å². The Labute approximate surface area is 114 Å². The van der Waals surface area contributed by atoms with Gasteiger partial charge in [0, 0.05) is 10.7 Å². The summed E-state index contributed by atoms with van der Waals surface area (Å²) in [5, 5.41) is 0.484. The highest BCUT2D eigenvalue weighted by atomic mass is 79.9. The third-order valence-corrected chi connectivity index (χ3v) is 3.17. The van der Waals surface area contributed by atoms with Crippen LogP contribution in [0.4, 0.5) is 0 Å². The van der Waals surface area contributed by atoms with Crippen molar-refractivity contribution in [3.05, 3.63) is 51.1 Å². The summed E-state index contributed by atoms with van der Waals surface area (Å²) < 4.78 is 6.46. The van der Waals surface area contributed by atoms with E-state index < -0.39 is 0 Å². The summed E-state index contributed by atoms with van der Waals surface area (Å²) in [4.78, 5) is 4.12. The Balaban J connectivity index is 2.28. The topological polar surface area (TPSA) is 22.1 Å². The lowest BCUT2D eigenvalue weighted by atomic mass is 10.1. The van der Waals surface area contributed by atoms with Crippen LogP contribution in [0.3, 0.4) is 0 Å². The quantitative estimate of drug-likeness (QED) is 0.786. The second-order valence-corrected chi connectivity index (χ2v) is 5.11. The van der Waals surface area contributed by atoms with Crippen molar-refractivity contribution in [3.8, 4) is 11.6 Å². The standard InChI is InChI=1S/C13H11BrClNO/c1-8-3-4-11(5-9(8)2)17-13-12(15)6-10(14)7-16-13/h3-7H,1-2H3. The summed E-state index contributed by atoms with van der Waals surface area (Å²) in [6, 6.07) is 7.64. The predicted octanol–water partition coefficient (Wildman–Crippen LogP) is 4.91. The van der Waals surface area contributed by atoms with Gasteiger partial charge in [-0.2, -0.15) is 0 Å². The van der Waals surface area contributed by atoms with Crippen molar-refractivity contribution in [1.29, 1.82) is 0 Å². The Morgan fingerprint density at radius 3 is 2.59 bits per heavy atom. The number of halogens is 2. The second kappa shape index (κ2) is 5.07. The largest absolute Gasteiger partial charge is 0.438 e. The molecule has 0 saturated heterocycles. The highest BCUT2D eigenvalue weighted by Gasteiger charge is 2.06. The van der Waals surface area contributed by atoms with Crippen LogP contribution in [-0.2, 0) is 0 Å². The lowest BCUT2D eigenvalue weighted by Gasteiger charge is -2.08. The third-order valence-electron chi connectivity index (χ3n) is 2.47. The first kappa shape index (κ1) is 12.4. The molecule has 0 aliphatic carbocycles. The summed E-state index contributed by atoms with van der Waals surface area (Å²) in [5.41, 5.74) is 2.41. The summed E-state index contributed by atoms with van der Waals surface area (Å²) in [5.74, 6) is 1.16. The van der Waals surface area contributed by atoms with Crippen LogP contribution in [0.25, 0.3) is 0 Å². The van der Waals surface area contributed by atoms with Gasteiger partial charge in [0.25, 0.3) is 0 Å². The van der Waals surface area contributed by atoms with E-state index >= 15 is 0 Å². The van der Waals surface area contributed by atoms with E-state index in [9.17, 15) is 0 Å². The van der Waals surface area contributed by atoms with Crippen LogP contribution in [0, 0.1) is 13.8 Å². The van der Waals surface area contributed by atoms with Crippen molar-refractivity contribution in [2.45, 2.75) is 13.8 Å². The van der Waals surface area contributed by atoms with E-state index in [-0.39, 0.29) is 0 Å². The SMILES string of the molecule is Cc1ccc(Oc2ncc(Br)cc2Cl)cc1C. The molecule has 2 nitrogen and oxygen atoms in total. The van der Waals surface area contributed by atoms with Crippen molar-refractivity contribution in [1.82, 2.24) is 4.98 Å². The maximum Gasteiger partial charge on any atom is 0.238 e. The number of aryl methyl sites for hydroxylation is 2. The van der Waals surface area contributed by atoms with Gasteiger partial charge in [0.2, 0.25) is 5.88 Å². The van der Waals surface area contributed by atoms with E-state index in [2.05, 4.69) is 27.8 Å². The smallest absolute Gasteiger partial charge is 0.238 e. The molecule has 4 heteroatoms. The molecule has 0 unspecified atom stereocenters. The van der Waals surface area contributed by atoms with E-state index in [0.29, 0.717) is 10.9 Å². The molecule has 1 aromatic heterocycles. The minimum Gasteiger partial charge on any atom is -0.438 e. The Hall–Kier alpha value is -1.06. The minimum atomic E-state index is 0.415. The first-order valence-electron chi connectivity index (χ1n) is 5.12. The average molecular weight is 313 g/mol. The molecular formula is C13H11BrClNO. The van der Waals surface area contributed by atoms with Gasteiger partial charge < -0.3 is 4.74 Å². The molecule has 0 radical (unpaired) electrons. The van der Waals surface area contributed by atoms with Gasteiger partial charge in [-0.15, -0.1) is 0 Å². The Kier molecular flexibility index (Phi) is 3.69. The Morgan fingerprint density at radius 2 is 1.94 bits per heavy atom. The molecule has 0 aliphatic rings. The number of pyridine rings is 1. The number of benzene rings is 1. The van der Waals surface area contributed by atoms with Crippen LogP contribution >= 0.6 is 27.5 Å². The second-order valence-electron chi connectivity index (χ2n) is 3.79. The van der Waals surface area contributed by atoms with Gasteiger partial charge in [0.1, 0.15) is 10.8 Å². The van der Waals surface area contributed by atoms with E-state index in [0.717, 1.165) is 10.2 Å². The fourth-order valence-electron chi connectivity index (χ4n) is 1.37. The minimum absolute atomic E-state index is 0.415. The van der Waals surface area contributed by atoms with Crippen molar-refractivity contribution in [3.63, 3.8) is 0 Å². The lowest BCUT2D eigenvalue weighted by Crippen LogP contribution is -1.90. The molecule has 0 aliphatic heterocycles. The lowest BCUT2D eigenvalue weighted by molar-refractivity contribution is 0.462. The summed E-state index contributed by atoms with van der Waals surface area (Å²) in [7, 11) is 0. The van der Waals surface area contributed by atoms with E-state index in [4.69, 9.17) is 16.3 Å². The highest BCUT2D eigenvalue weighted by Crippen LogP contribution is 2.29. The molecule has 0 saturated carbocycles. The van der Waals surface area contributed by atoms with Crippen molar-refractivity contribution in [2.75, 3.05) is 0 Å². The van der Waals surface area contributed by atoms with Crippen molar-refractivity contribution in [2.24, 2.45) is 0 Å². The van der Waals surface area contributed by atoms with Gasteiger partial charge in [-0.3, -0.25) is 0 Å². The monoisotopic (exact) mass is 311 g/mol. The predicted molar refractivity (Wildman–Crippen MR) is 72.9 cm³/mol. The van der Waals surface area contributed by atoms with Crippen LogP contribution < -0.4 is 4.74 Å². The number of nitrogens with zero attached hydrogens (tertiary/aromatic N) is 1. The van der Waals surface area contributed by atoms with Crippen LogP contribution in [0.15, 0.2) is 34.9 Å². The van der Waals surface area contributed by atoms with Crippen molar-refractivity contribution >= 4 is 27.5 Å². The fraction of sp³-hybridized carbons (Fsp3) is 0.154. The first-order valence-corrected chi connectivity index (χ1v) is 6.29. The average Bonchev–Trinajstić information content (AvgIpc) is 2.27. The zero-order valence-corrected chi connectivity index (χ0v) is 11.8. The number of hydrogen-bond acceptors (Lipinski definition) is 2. The Morgan fingerprint density at radius 1 is 1.18 bits per heavy atom. The third kappa shape index (κ3) is 2.99. The molecule has 0 spiro atoms.